The lowest BCUT2D eigenvalue weighted by Gasteiger charge is -2.15. The first-order valence-electron chi connectivity index (χ1n) is 7.26. The Hall–Kier alpha value is -1.85. The molecule has 138 valence electrons. The Morgan fingerprint density at radius 2 is 1.71 bits per heavy atom. The zero-order valence-electron chi connectivity index (χ0n) is 13.5. The van der Waals surface area contributed by atoms with Crippen molar-refractivity contribution in [3.05, 3.63) is 0 Å². The number of ether oxygens (including phenoxy) is 1. The minimum absolute atomic E-state index is 0.345. The van der Waals surface area contributed by atoms with Gasteiger partial charge in [0.25, 0.3) is 5.91 Å². The third kappa shape index (κ3) is 9.33. The fraction of sp³-hybridized carbons (Fsp3) is 0.692. The van der Waals surface area contributed by atoms with Crippen LogP contribution in [0.3, 0.4) is 0 Å². The summed E-state index contributed by atoms with van der Waals surface area (Å²) in [6.45, 7) is 2.39. The summed E-state index contributed by atoms with van der Waals surface area (Å²) in [5, 5.41) is 24.1. The molecule has 0 unspecified atom stereocenters. The monoisotopic (exact) mass is 365 g/mol. The number of aliphatic hydroxyl groups excluding tert-OH is 1. The maximum absolute atomic E-state index is 11.8. The molecule has 0 aliphatic rings. The lowest BCUT2D eigenvalue weighted by Crippen LogP contribution is -2.48. The van der Waals surface area contributed by atoms with Crippen LogP contribution in [0, 0.1) is 0 Å². The highest BCUT2D eigenvalue weighted by Crippen LogP contribution is 2.11. The van der Waals surface area contributed by atoms with E-state index in [2.05, 4.69) is 10.6 Å². The van der Waals surface area contributed by atoms with Crippen LogP contribution in [0.5, 0.6) is 0 Å². The maximum atomic E-state index is 11.8. The largest absolute Gasteiger partial charge is 0.480 e. The SMILES string of the molecule is CCO[C@@H](SCC)C(=O)NCC(=O)NCC(=O)N[C@@H](CO)C(=O)O. The average Bonchev–Trinajstić information content (AvgIpc) is 2.55. The predicted octanol–water partition coefficient (Wildman–Crippen LogP) is -2.10. The normalized spacial score (nSPS) is 12.8. The molecular weight excluding hydrogens is 342 g/mol. The van der Waals surface area contributed by atoms with Crippen LogP contribution in [0.25, 0.3) is 0 Å². The van der Waals surface area contributed by atoms with Crippen molar-refractivity contribution in [1.29, 1.82) is 0 Å². The number of carboxylic acids is 1. The van der Waals surface area contributed by atoms with Crippen LogP contribution in [0.2, 0.25) is 0 Å². The van der Waals surface area contributed by atoms with E-state index < -0.39 is 48.3 Å². The molecule has 0 aromatic rings. The summed E-state index contributed by atoms with van der Waals surface area (Å²) in [6.07, 6.45) is 0. The number of rotatable bonds is 12. The molecule has 0 rings (SSSR count). The minimum Gasteiger partial charge on any atom is -0.480 e. The Kier molecular flexibility index (Phi) is 11.6. The molecule has 0 saturated heterocycles. The number of thioether (sulfide) groups is 1. The van der Waals surface area contributed by atoms with Crippen molar-refractivity contribution < 1.29 is 34.1 Å². The first-order valence-corrected chi connectivity index (χ1v) is 8.31. The van der Waals surface area contributed by atoms with E-state index in [4.69, 9.17) is 14.9 Å². The van der Waals surface area contributed by atoms with Gasteiger partial charge in [0.1, 0.15) is 6.04 Å². The van der Waals surface area contributed by atoms with Gasteiger partial charge in [-0.15, -0.1) is 11.8 Å². The third-order valence-electron chi connectivity index (χ3n) is 2.54. The van der Waals surface area contributed by atoms with Crippen LogP contribution in [0.4, 0.5) is 0 Å². The number of carboxylic acid groups (broad SMARTS) is 1. The molecule has 0 fully saturated rings. The lowest BCUT2D eigenvalue weighted by molar-refractivity contribution is -0.142. The third-order valence-corrected chi connectivity index (χ3v) is 3.52. The predicted molar refractivity (Wildman–Crippen MR) is 86.2 cm³/mol. The average molecular weight is 365 g/mol. The van der Waals surface area contributed by atoms with Gasteiger partial charge in [-0.05, 0) is 12.7 Å². The highest BCUT2D eigenvalue weighted by molar-refractivity contribution is 8.00. The Morgan fingerprint density at radius 1 is 1.08 bits per heavy atom. The van der Waals surface area contributed by atoms with Crippen molar-refractivity contribution in [2.75, 3.05) is 32.1 Å². The number of carbonyl (C=O) groups excluding carboxylic acids is 3. The van der Waals surface area contributed by atoms with Crippen LogP contribution in [0.1, 0.15) is 13.8 Å². The number of hydrogen-bond acceptors (Lipinski definition) is 7. The van der Waals surface area contributed by atoms with Gasteiger partial charge >= 0.3 is 5.97 Å². The van der Waals surface area contributed by atoms with Crippen LogP contribution >= 0.6 is 11.8 Å². The van der Waals surface area contributed by atoms with E-state index in [-0.39, 0.29) is 6.54 Å². The Labute approximate surface area is 143 Å². The standard InChI is InChI=1S/C13H23N3O7S/c1-3-23-13(24-4-2)11(20)15-5-9(18)14-6-10(19)16-8(7-17)12(21)22/h8,13,17H,3-7H2,1-2H3,(H,14,18)(H,15,20)(H,16,19)(H,21,22)/t8-,13-/m0/s1. The fourth-order valence-corrected chi connectivity index (χ4v) is 2.19. The highest BCUT2D eigenvalue weighted by atomic mass is 32.2. The summed E-state index contributed by atoms with van der Waals surface area (Å²) in [7, 11) is 0. The lowest BCUT2D eigenvalue weighted by atomic mass is 10.3. The molecule has 0 aliphatic carbocycles. The Morgan fingerprint density at radius 3 is 2.21 bits per heavy atom. The van der Waals surface area contributed by atoms with E-state index in [1.165, 1.54) is 11.8 Å². The summed E-state index contributed by atoms with van der Waals surface area (Å²) in [5.74, 6) is -2.56. The topological polar surface area (TPSA) is 154 Å². The Bertz CT molecular complexity index is 441. The highest BCUT2D eigenvalue weighted by Gasteiger charge is 2.20. The van der Waals surface area contributed by atoms with Gasteiger partial charge in [-0.3, -0.25) is 14.4 Å². The molecule has 11 heteroatoms. The van der Waals surface area contributed by atoms with Gasteiger partial charge in [0, 0.05) is 6.61 Å². The zero-order chi connectivity index (χ0) is 18.5. The second kappa shape index (κ2) is 12.6. The smallest absolute Gasteiger partial charge is 0.328 e. The molecule has 10 nitrogen and oxygen atoms in total. The zero-order valence-corrected chi connectivity index (χ0v) is 14.4. The molecule has 2 atom stereocenters. The molecule has 24 heavy (non-hydrogen) atoms. The number of aliphatic hydroxyl groups is 1. The summed E-state index contributed by atoms with van der Waals surface area (Å²) in [5.41, 5.74) is -0.711. The van der Waals surface area contributed by atoms with Gasteiger partial charge in [0.15, 0.2) is 5.44 Å². The second-order valence-electron chi connectivity index (χ2n) is 4.38. The van der Waals surface area contributed by atoms with Crippen LogP contribution in [-0.2, 0) is 23.9 Å². The number of nitrogens with one attached hydrogen (secondary N) is 3. The molecule has 0 bridgehead atoms. The van der Waals surface area contributed by atoms with Gasteiger partial charge in [-0.25, -0.2) is 4.79 Å². The van der Waals surface area contributed by atoms with Crippen LogP contribution in [0.15, 0.2) is 0 Å². The van der Waals surface area contributed by atoms with E-state index in [0.29, 0.717) is 12.4 Å². The van der Waals surface area contributed by atoms with Gasteiger partial charge in [-0.2, -0.15) is 0 Å². The summed E-state index contributed by atoms with van der Waals surface area (Å²) in [4.78, 5) is 45.4. The van der Waals surface area contributed by atoms with Gasteiger partial charge in [0.05, 0.1) is 19.7 Å². The first kappa shape index (κ1) is 22.1. The van der Waals surface area contributed by atoms with Gasteiger partial charge in [0.2, 0.25) is 11.8 Å². The molecule has 5 N–H and O–H groups in total. The Balaban J connectivity index is 4.15. The summed E-state index contributed by atoms with van der Waals surface area (Å²) in [6, 6.07) is -1.44. The van der Waals surface area contributed by atoms with Crippen LogP contribution in [-0.4, -0.2) is 77.4 Å². The van der Waals surface area contributed by atoms with E-state index in [0.717, 1.165) is 0 Å². The van der Waals surface area contributed by atoms with Crippen molar-refractivity contribution in [2.24, 2.45) is 0 Å². The molecule has 0 aromatic carbocycles. The molecule has 0 spiro atoms. The molecule has 0 aliphatic heterocycles. The molecule has 0 radical (unpaired) electrons. The molecule has 0 saturated carbocycles. The molecular formula is C13H23N3O7S. The molecule has 0 aromatic heterocycles. The summed E-state index contributed by atoms with van der Waals surface area (Å²) >= 11 is 1.28. The van der Waals surface area contributed by atoms with E-state index in [1.807, 2.05) is 12.2 Å². The first-order chi connectivity index (χ1) is 11.3. The quantitative estimate of drug-likeness (QED) is 0.246. The van der Waals surface area contributed by atoms with E-state index in [9.17, 15) is 19.2 Å². The number of hydrogen-bond donors (Lipinski definition) is 5. The van der Waals surface area contributed by atoms with Crippen molar-refractivity contribution in [1.82, 2.24) is 16.0 Å². The van der Waals surface area contributed by atoms with Crippen LogP contribution < -0.4 is 16.0 Å². The van der Waals surface area contributed by atoms with E-state index in [1.54, 1.807) is 6.92 Å². The fourth-order valence-electron chi connectivity index (χ4n) is 1.43. The van der Waals surface area contributed by atoms with E-state index >= 15 is 0 Å². The van der Waals surface area contributed by atoms with Crippen molar-refractivity contribution in [2.45, 2.75) is 25.3 Å². The van der Waals surface area contributed by atoms with Crippen molar-refractivity contribution in [3.63, 3.8) is 0 Å². The van der Waals surface area contributed by atoms with Gasteiger partial charge < -0.3 is 30.9 Å². The van der Waals surface area contributed by atoms with Crippen molar-refractivity contribution in [3.8, 4) is 0 Å². The number of amides is 3. The number of aliphatic carboxylic acids is 1. The second-order valence-corrected chi connectivity index (χ2v) is 5.72. The number of carbonyl (C=O) groups is 4. The minimum atomic E-state index is -1.44. The summed E-state index contributed by atoms with van der Waals surface area (Å²) < 4.78 is 5.23. The molecule has 0 heterocycles. The van der Waals surface area contributed by atoms with Gasteiger partial charge in [-0.1, -0.05) is 6.92 Å². The molecule has 3 amide bonds. The maximum Gasteiger partial charge on any atom is 0.328 e. The van der Waals surface area contributed by atoms with Crippen molar-refractivity contribution >= 4 is 35.5 Å².